The van der Waals surface area contributed by atoms with Crippen LogP contribution in [0.25, 0.3) is 0 Å². The number of rotatable bonds is 9. The molecule has 0 spiro atoms. The van der Waals surface area contributed by atoms with E-state index in [9.17, 15) is 9.59 Å². The van der Waals surface area contributed by atoms with Gasteiger partial charge in [-0.05, 0) is 39.2 Å². The Bertz CT molecular complexity index is 628. The van der Waals surface area contributed by atoms with Crippen molar-refractivity contribution in [3.8, 4) is 5.75 Å². The average molecular weight is 360 g/mol. The van der Waals surface area contributed by atoms with Crippen molar-refractivity contribution in [3.05, 3.63) is 29.8 Å². The zero-order valence-electron chi connectivity index (χ0n) is 16.7. The Morgan fingerprint density at radius 1 is 1.31 bits per heavy atom. The van der Waals surface area contributed by atoms with Crippen LogP contribution in [0.3, 0.4) is 0 Å². The maximum atomic E-state index is 13.0. The molecule has 0 radical (unpaired) electrons. The summed E-state index contributed by atoms with van der Waals surface area (Å²) in [4.78, 5) is 27.2. The number of Topliss-reactive ketones (excluding diaryl/α,β-unsaturated/α-hetero) is 1. The van der Waals surface area contributed by atoms with E-state index in [-0.39, 0.29) is 23.3 Å². The molecule has 1 aromatic rings. The van der Waals surface area contributed by atoms with Crippen molar-refractivity contribution in [1.29, 1.82) is 0 Å². The van der Waals surface area contributed by atoms with Crippen LogP contribution in [0, 0.1) is 0 Å². The lowest BCUT2D eigenvalue weighted by molar-refractivity contribution is -0.148. The summed E-state index contributed by atoms with van der Waals surface area (Å²) in [6, 6.07) is 7.77. The predicted octanol–water partition coefficient (Wildman–Crippen LogP) is 5.07. The van der Waals surface area contributed by atoms with E-state index in [0.717, 1.165) is 49.8 Å². The van der Waals surface area contributed by atoms with E-state index in [2.05, 4.69) is 13.8 Å². The minimum Gasteiger partial charge on any atom is -0.496 e. The van der Waals surface area contributed by atoms with Crippen LogP contribution in [-0.4, -0.2) is 29.2 Å². The van der Waals surface area contributed by atoms with E-state index < -0.39 is 0 Å². The molecule has 1 amide bonds. The summed E-state index contributed by atoms with van der Waals surface area (Å²) in [5.41, 5.74) is 0.644. The molecule has 0 aromatic heterocycles. The topological polar surface area (TPSA) is 46.6 Å². The number of ketones is 1. The van der Waals surface area contributed by atoms with Crippen LogP contribution >= 0.6 is 0 Å². The lowest BCUT2D eigenvalue weighted by atomic mass is 9.76. The lowest BCUT2D eigenvalue weighted by Crippen LogP contribution is -2.56. The molecule has 0 unspecified atom stereocenters. The third-order valence-electron chi connectivity index (χ3n) is 5.61. The molecule has 1 aliphatic rings. The van der Waals surface area contributed by atoms with Gasteiger partial charge in [0, 0.05) is 18.4 Å². The number of unbranched alkanes of at least 4 members (excludes halogenated alkanes) is 2. The fraction of sp³-hybridized carbons (Fsp3) is 0.636. The van der Waals surface area contributed by atoms with Gasteiger partial charge in [0.2, 0.25) is 5.91 Å². The number of hydrogen-bond donors (Lipinski definition) is 0. The molecule has 0 bridgehead atoms. The van der Waals surface area contributed by atoms with Gasteiger partial charge in [0.15, 0.2) is 0 Å². The molecule has 1 aliphatic heterocycles. The molecule has 1 heterocycles. The lowest BCUT2D eigenvalue weighted by Gasteiger charge is -2.50. The molecule has 26 heavy (non-hydrogen) atoms. The van der Waals surface area contributed by atoms with Crippen LogP contribution in [0.5, 0.6) is 5.75 Å². The van der Waals surface area contributed by atoms with Crippen molar-refractivity contribution < 1.29 is 14.3 Å². The Hall–Kier alpha value is -1.84. The smallest absolute Gasteiger partial charge is 0.223 e. The van der Waals surface area contributed by atoms with E-state index in [0.29, 0.717) is 12.8 Å². The first-order valence-corrected chi connectivity index (χ1v) is 9.89. The number of nitrogens with zero attached hydrogens (tertiary/aromatic N) is 1. The summed E-state index contributed by atoms with van der Waals surface area (Å²) >= 11 is 0. The highest BCUT2D eigenvalue weighted by Gasteiger charge is 2.45. The quantitative estimate of drug-likeness (QED) is 0.579. The number of likely N-dealkylation sites (tertiary alicyclic amines) is 1. The molecule has 0 saturated carbocycles. The van der Waals surface area contributed by atoms with E-state index in [4.69, 9.17) is 4.74 Å². The molecular formula is C22H33NO3. The second-order valence-corrected chi connectivity index (χ2v) is 7.60. The van der Waals surface area contributed by atoms with Crippen LogP contribution in [-0.2, 0) is 9.59 Å². The van der Waals surface area contributed by atoms with Crippen molar-refractivity contribution in [2.75, 3.05) is 7.11 Å². The molecule has 1 aromatic carbocycles. The van der Waals surface area contributed by atoms with Crippen molar-refractivity contribution in [2.45, 2.75) is 83.7 Å². The Morgan fingerprint density at radius 3 is 2.69 bits per heavy atom. The van der Waals surface area contributed by atoms with Gasteiger partial charge in [-0.2, -0.15) is 0 Å². The number of carbonyl (C=O) groups is 2. The van der Waals surface area contributed by atoms with Gasteiger partial charge in [-0.3, -0.25) is 9.59 Å². The molecule has 2 atom stereocenters. The molecule has 0 aliphatic carbocycles. The normalized spacial score (nSPS) is 21.5. The predicted molar refractivity (Wildman–Crippen MR) is 104 cm³/mol. The summed E-state index contributed by atoms with van der Waals surface area (Å²) in [5, 5.41) is 0. The third kappa shape index (κ3) is 4.46. The summed E-state index contributed by atoms with van der Waals surface area (Å²) in [5.74, 6) is 1.12. The first-order valence-electron chi connectivity index (χ1n) is 9.89. The van der Waals surface area contributed by atoms with Gasteiger partial charge in [-0.1, -0.05) is 44.4 Å². The zero-order chi connectivity index (χ0) is 19.2. The van der Waals surface area contributed by atoms with Gasteiger partial charge < -0.3 is 9.64 Å². The van der Waals surface area contributed by atoms with Crippen LogP contribution in [0.4, 0.5) is 0 Å². The first-order chi connectivity index (χ1) is 12.4. The largest absolute Gasteiger partial charge is 0.496 e. The molecule has 2 rings (SSSR count). The van der Waals surface area contributed by atoms with E-state index in [1.54, 1.807) is 14.0 Å². The number of piperidine rings is 1. The second kappa shape index (κ2) is 9.20. The molecule has 1 saturated heterocycles. The van der Waals surface area contributed by atoms with E-state index in [1.807, 2.05) is 29.2 Å². The monoisotopic (exact) mass is 359 g/mol. The maximum absolute atomic E-state index is 13.0. The highest BCUT2D eigenvalue weighted by molar-refractivity contribution is 5.82. The summed E-state index contributed by atoms with van der Waals surface area (Å²) in [6.45, 7) is 5.89. The van der Waals surface area contributed by atoms with Gasteiger partial charge in [-0.25, -0.2) is 0 Å². The van der Waals surface area contributed by atoms with Crippen LogP contribution < -0.4 is 4.74 Å². The van der Waals surface area contributed by atoms with Crippen molar-refractivity contribution in [1.82, 2.24) is 4.90 Å². The van der Waals surface area contributed by atoms with Gasteiger partial charge in [0.05, 0.1) is 18.7 Å². The highest BCUT2D eigenvalue weighted by Crippen LogP contribution is 2.43. The number of hydrogen-bond acceptors (Lipinski definition) is 3. The van der Waals surface area contributed by atoms with Crippen molar-refractivity contribution in [2.24, 2.45) is 0 Å². The van der Waals surface area contributed by atoms with E-state index in [1.165, 1.54) is 0 Å². The fourth-order valence-corrected chi connectivity index (χ4v) is 4.53. The number of para-hydroxylation sites is 1. The van der Waals surface area contributed by atoms with E-state index >= 15 is 0 Å². The third-order valence-corrected chi connectivity index (χ3v) is 5.61. The number of methoxy groups -OCH3 is 1. The van der Waals surface area contributed by atoms with Gasteiger partial charge in [0.25, 0.3) is 0 Å². The maximum Gasteiger partial charge on any atom is 0.223 e. The molecule has 4 nitrogen and oxygen atoms in total. The molecule has 4 heteroatoms. The average Bonchev–Trinajstić information content (AvgIpc) is 2.61. The molecule has 0 N–H and O–H groups in total. The Labute approximate surface area is 157 Å². The summed E-state index contributed by atoms with van der Waals surface area (Å²) in [7, 11) is 1.66. The van der Waals surface area contributed by atoms with Crippen LogP contribution in [0.15, 0.2) is 24.3 Å². The van der Waals surface area contributed by atoms with Crippen molar-refractivity contribution in [3.63, 3.8) is 0 Å². The minimum atomic E-state index is -0.364. The van der Waals surface area contributed by atoms with Gasteiger partial charge in [-0.15, -0.1) is 0 Å². The van der Waals surface area contributed by atoms with Crippen LogP contribution in [0.1, 0.15) is 83.7 Å². The van der Waals surface area contributed by atoms with Gasteiger partial charge >= 0.3 is 0 Å². The highest BCUT2D eigenvalue weighted by atomic mass is 16.5. The number of ether oxygens (including phenoxy) is 1. The van der Waals surface area contributed by atoms with Crippen molar-refractivity contribution >= 4 is 11.7 Å². The summed E-state index contributed by atoms with van der Waals surface area (Å²) in [6.07, 6.45) is 6.98. The van der Waals surface area contributed by atoms with Gasteiger partial charge in [0.1, 0.15) is 11.5 Å². The Kier molecular flexibility index (Phi) is 7.24. The standard InChI is InChI=1S/C22H33NO3/c1-5-6-9-14-22(16-17(2)24)15-10-13-21(25)23(22)18(3)19-11-7-8-12-20(19)26-4/h7-8,11-12,18H,5-6,9-10,13-16H2,1-4H3/t18-,22-/m1/s1. The molecular weight excluding hydrogens is 326 g/mol. The number of amides is 1. The first kappa shape index (κ1) is 20.5. The SMILES string of the molecule is CCCCC[C@]1(CC(C)=O)CCCC(=O)N1[C@H](C)c1ccccc1OC. The van der Waals surface area contributed by atoms with Crippen LogP contribution in [0.2, 0.25) is 0 Å². The Balaban J connectivity index is 2.43. The fourth-order valence-electron chi connectivity index (χ4n) is 4.53. The molecule has 144 valence electrons. The second-order valence-electron chi connectivity index (χ2n) is 7.60. The molecule has 1 fully saturated rings. The Morgan fingerprint density at radius 2 is 2.04 bits per heavy atom. The number of benzene rings is 1. The summed E-state index contributed by atoms with van der Waals surface area (Å²) < 4.78 is 5.54. The zero-order valence-corrected chi connectivity index (χ0v) is 16.7. The minimum absolute atomic E-state index is 0.111. The number of carbonyl (C=O) groups excluding carboxylic acids is 2.